The summed E-state index contributed by atoms with van der Waals surface area (Å²) in [6.45, 7) is 3.87. The van der Waals surface area contributed by atoms with Gasteiger partial charge in [0, 0.05) is 31.5 Å². The normalized spacial score (nSPS) is 21.6. The Balaban J connectivity index is 1.39. The predicted octanol–water partition coefficient (Wildman–Crippen LogP) is 1.67. The SMILES string of the molecule is CCC1NC(=O)N(c2cccc(NC(=O)N3CCC(Cn4ccnn4)C3)c2)C1=O. The third kappa shape index (κ3) is 3.91. The first-order chi connectivity index (χ1) is 14.0. The summed E-state index contributed by atoms with van der Waals surface area (Å²) in [6, 6.07) is 5.61. The van der Waals surface area contributed by atoms with Gasteiger partial charge in [-0.25, -0.2) is 14.5 Å². The van der Waals surface area contributed by atoms with Crippen LogP contribution in [-0.2, 0) is 11.3 Å². The lowest BCUT2D eigenvalue weighted by atomic mass is 10.1. The Hall–Kier alpha value is -3.43. The highest BCUT2D eigenvalue weighted by Crippen LogP contribution is 2.25. The molecule has 2 N–H and O–H groups in total. The molecule has 0 radical (unpaired) electrons. The standard InChI is InChI=1S/C19H23N7O3/c1-2-16-17(27)26(19(29)22-16)15-5-3-4-14(10-15)21-18(28)24-8-6-13(11-24)12-25-9-7-20-23-25/h3-5,7,9-10,13,16H,2,6,8,11-12H2,1H3,(H,21,28)(H,22,29). The van der Waals surface area contributed by atoms with Gasteiger partial charge in [0.25, 0.3) is 5.91 Å². The van der Waals surface area contributed by atoms with Crippen molar-refractivity contribution in [2.45, 2.75) is 32.4 Å². The maximum atomic E-state index is 12.6. The van der Waals surface area contributed by atoms with E-state index in [1.54, 1.807) is 40.0 Å². The van der Waals surface area contributed by atoms with Crippen LogP contribution >= 0.6 is 0 Å². The Kier molecular flexibility index (Phi) is 5.15. The lowest BCUT2D eigenvalue weighted by molar-refractivity contribution is -0.118. The lowest BCUT2D eigenvalue weighted by Crippen LogP contribution is -2.34. The van der Waals surface area contributed by atoms with Gasteiger partial charge in [-0.15, -0.1) is 5.10 Å². The molecule has 2 unspecified atom stereocenters. The molecular weight excluding hydrogens is 374 g/mol. The van der Waals surface area contributed by atoms with Crippen LogP contribution in [0.3, 0.4) is 0 Å². The van der Waals surface area contributed by atoms with Crippen LogP contribution in [0.1, 0.15) is 19.8 Å². The maximum absolute atomic E-state index is 12.6. The molecule has 2 saturated heterocycles. The Labute approximate surface area is 167 Å². The van der Waals surface area contributed by atoms with Crippen LogP contribution in [0.5, 0.6) is 0 Å². The van der Waals surface area contributed by atoms with E-state index in [4.69, 9.17) is 0 Å². The molecule has 3 heterocycles. The van der Waals surface area contributed by atoms with Gasteiger partial charge in [0.2, 0.25) is 0 Å². The summed E-state index contributed by atoms with van der Waals surface area (Å²) in [6.07, 6.45) is 4.88. The minimum Gasteiger partial charge on any atom is -0.325 e. The number of rotatable bonds is 5. The van der Waals surface area contributed by atoms with E-state index in [9.17, 15) is 14.4 Å². The third-order valence-electron chi connectivity index (χ3n) is 5.27. The van der Waals surface area contributed by atoms with Crippen molar-refractivity contribution in [2.75, 3.05) is 23.3 Å². The second-order valence-electron chi connectivity index (χ2n) is 7.29. The van der Waals surface area contributed by atoms with Crippen molar-refractivity contribution >= 4 is 29.3 Å². The van der Waals surface area contributed by atoms with Crippen LogP contribution < -0.4 is 15.5 Å². The Morgan fingerprint density at radius 1 is 1.34 bits per heavy atom. The van der Waals surface area contributed by atoms with Crippen molar-refractivity contribution in [3.8, 4) is 0 Å². The lowest BCUT2D eigenvalue weighted by Gasteiger charge is -2.19. The van der Waals surface area contributed by atoms with Crippen molar-refractivity contribution in [1.82, 2.24) is 25.2 Å². The minimum absolute atomic E-state index is 0.202. The van der Waals surface area contributed by atoms with Crippen molar-refractivity contribution in [3.63, 3.8) is 0 Å². The van der Waals surface area contributed by atoms with Crippen LogP contribution in [0.25, 0.3) is 0 Å². The van der Waals surface area contributed by atoms with Crippen molar-refractivity contribution in [2.24, 2.45) is 5.92 Å². The monoisotopic (exact) mass is 397 g/mol. The number of aromatic nitrogens is 3. The number of anilines is 2. The molecule has 29 heavy (non-hydrogen) atoms. The van der Waals surface area contributed by atoms with E-state index in [1.807, 2.05) is 13.1 Å². The van der Waals surface area contributed by atoms with E-state index in [-0.39, 0.29) is 11.9 Å². The number of nitrogens with zero attached hydrogens (tertiary/aromatic N) is 5. The largest absolute Gasteiger partial charge is 0.329 e. The fourth-order valence-corrected chi connectivity index (χ4v) is 3.74. The second kappa shape index (κ2) is 7.90. The van der Waals surface area contributed by atoms with Crippen LogP contribution in [-0.4, -0.2) is 57.0 Å². The van der Waals surface area contributed by atoms with Gasteiger partial charge >= 0.3 is 12.1 Å². The van der Waals surface area contributed by atoms with E-state index in [0.29, 0.717) is 36.8 Å². The van der Waals surface area contributed by atoms with E-state index in [1.165, 1.54) is 0 Å². The van der Waals surface area contributed by atoms with Crippen molar-refractivity contribution in [1.29, 1.82) is 0 Å². The molecular formula is C19H23N7O3. The first kappa shape index (κ1) is 18.9. The van der Waals surface area contributed by atoms with Gasteiger partial charge in [-0.1, -0.05) is 18.2 Å². The first-order valence-corrected chi connectivity index (χ1v) is 9.69. The zero-order chi connectivity index (χ0) is 20.4. The summed E-state index contributed by atoms with van der Waals surface area (Å²) >= 11 is 0. The molecule has 2 fully saturated rings. The van der Waals surface area contributed by atoms with E-state index >= 15 is 0 Å². The molecule has 10 heteroatoms. The number of hydrogen-bond acceptors (Lipinski definition) is 5. The number of hydrogen-bond donors (Lipinski definition) is 2. The van der Waals surface area contributed by atoms with E-state index in [2.05, 4.69) is 20.9 Å². The molecule has 10 nitrogen and oxygen atoms in total. The minimum atomic E-state index is -0.507. The van der Waals surface area contributed by atoms with Gasteiger partial charge in [-0.05, 0) is 37.0 Å². The molecule has 4 rings (SSSR count). The number of imide groups is 1. The number of amides is 5. The Morgan fingerprint density at radius 2 is 2.21 bits per heavy atom. The first-order valence-electron chi connectivity index (χ1n) is 9.69. The fourth-order valence-electron chi connectivity index (χ4n) is 3.74. The topological polar surface area (TPSA) is 112 Å². The van der Waals surface area contributed by atoms with E-state index in [0.717, 1.165) is 17.9 Å². The number of likely N-dealkylation sites (tertiary alicyclic amines) is 1. The highest BCUT2D eigenvalue weighted by Gasteiger charge is 2.38. The summed E-state index contributed by atoms with van der Waals surface area (Å²) < 4.78 is 1.78. The molecule has 0 bridgehead atoms. The highest BCUT2D eigenvalue weighted by atomic mass is 16.2. The summed E-state index contributed by atoms with van der Waals surface area (Å²) in [5.41, 5.74) is 0.972. The van der Waals surface area contributed by atoms with E-state index < -0.39 is 12.1 Å². The van der Waals surface area contributed by atoms with Gasteiger partial charge in [0.05, 0.1) is 11.9 Å². The van der Waals surface area contributed by atoms with Gasteiger partial charge in [0.15, 0.2) is 0 Å². The quantitative estimate of drug-likeness (QED) is 0.745. The summed E-state index contributed by atoms with van der Waals surface area (Å²) in [4.78, 5) is 40.1. The molecule has 2 aromatic rings. The van der Waals surface area contributed by atoms with Gasteiger partial charge in [-0.3, -0.25) is 9.48 Å². The molecule has 2 aliphatic heterocycles. The molecule has 5 amide bonds. The Morgan fingerprint density at radius 3 is 2.93 bits per heavy atom. The third-order valence-corrected chi connectivity index (χ3v) is 5.27. The van der Waals surface area contributed by atoms with Crippen molar-refractivity contribution in [3.05, 3.63) is 36.7 Å². The summed E-state index contributed by atoms with van der Waals surface area (Å²) in [5.74, 6) is 0.0437. The molecule has 0 saturated carbocycles. The average molecular weight is 397 g/mol. The zero-order valence-corrected chi connectivity index (χ0v) is 16.1. The molecule has 2 aliphatic rings. The number of carbonyl (C=O) groups excluding carboxylic acids is 3. The Bertz CT molecular complexity index is 914. The molecule has 1 aromatic carbocycles. The highest BCUT2D eigenvalue weighted by molar-refractivity contribution is 6.21. The van der Waals surface area contributed by atoms with Gasteiger partial charge < -0.3 is 15.5 Å². The van der Waals surface area contributed by atoms with Crippen molar-refractivity contribution < 1.29 is 14.4 Å². The fraction of sp³-hybridized carbons (Fsp3) is 0.421. The predicted molar refractivity (Wildman–Crippen MR) is 105 cm³/mol. The zero-order valence-electron chi connectivity index (χ0n) is 16.1. The average Bonchev–Trinajstić information content (AvgIpc) is 3.44. The molecule has 1 aromatic heterocycles. The van der Waals surface area contributed by atoms with Crippen LogP contribution in [0.15, 0.2) is 36.7 Å². The van der Waals surface area contributed by atoms with Gasteiger partial charge in [0.1, 0.15) is 6.04 Å². The van der Waals surface area contributed by atoms with Crippen LogP contribution in [0.4, 0.5) is 21.0 Å². The number of nitrogens with one attached hydrogen (secondary N) is 2. The second-order valence-corrected chi connectivity index (χ2v) is 7.29. The van der Waals surface area contributed by atoms with Crippen LogP contribution in [0.2, 0.25) is 0 Å². The summed E-state index contributed by atoms with van der Waals surface area (Å²) in [7, 11) is 0. The van der Waals surface area contributed by atoms with Gasteiger partial charge in [-0.2, -0.15) is 0 Å². The number of benzene rings is 1. The molecule has 0 spiro atoms. The molecule has 152 valence electrons. The smallest absolute Gasteiger partial charge is 0.325 e. The number of urea groups is 2. The molecule has 0 aliphatic carbocycles. The summed E-state index contributed by atoms with van der Waals surface area (Å²) in [5, 5.41) is 13.3. The maximum Gasteiger partial charge on any atom is 0.329 e. The molecule has 2 atom stereocenters. The van der Waals surface area contributed by atoms with Crippen LogP contribution in [0, 0.1) is 5.92 Å². The number of carbonyl (C=O) groups is 3.